The second kappa shape index (κ2) is 9.25. The molecule has 1 atom stereocenters. The van der Waals surface area contributed by atoms with Crippen molar-refractivity contribution in [1.29, 1.82) is 0 Å². The summed E-state index contributed by atoms with van der Waals surface area (Å²) in [5.74, 6) is 0.664. The van der Waals surface area contributed by atoms with E-state index in [1.165, 1.54) is 11.8 Å². The molecule has 10 heteroatoms. The first-order chi connectivity index (χ1) is 15.4. The van der Waals surface area contributed by atoms with Crippen LogP contribution in [0.25, 0.3) is 11.3 Å². The lowest BCUT2D eigenvalue weighted by atomic mass is 10.0. The summed E-state index contributed by atoms with van der Waals surface area (Å²) < 4.78 is 7.88. The highest BCUT2D eigenvalue weighted by molar-refractivity contribution is 9.10. The summed E-state index contributed by atoms with van der Waals surface area (Å²) in [6.45, 7) is 3.75. The van der Waals surface area contributed by atoms with E-state index in [1.54, 1.807) is 41.8 Å². The minimum atomic E-state index is -0.788. The van der Waals surface area contributed by atoms with E-state index in [-0.39, 0.29) is 12.3 Å². The van der Waals surface area contributed by atoms with Gasteiger partial charge in [-0.15, -0.1) is 0 Å². The molecule has 7 nitrogen and oxygen atoms in total. The Labute approximate surface area is 203 Å². The summed E-state index contributed by atoms with van der Waals surface area (Å²) in [5, 5.41) is 18.7. The van der Waals surface area contributed by atoms with Gasteiger partial charge >= 0.3 is 0 Å². The molecule has 1 amide bonds. The van der Waals surface area contributed by atoms with Crippen molar-refractivity contribution in [3.8, 4) is 22.9 Å². The minimum absolute atomic E-state index is 0.130. The molecular weight excluding hydrogens is 516 g/mol. The Hall–Kier alpha value is -2.36. The van der Waals surface area contributed by atoms with Gasteiger partial charge in [-0.25, -0.2) is 9.88 Å². The average molecular weight is 536 g/mol. The largest absolute Gasteiger partial charge is 0.854 e. The van der Waals surface area contributed by atoms with Gasteiger partial charge in [0.15, 0.2) is 0 Å². The van der Waals surface area contributed by atoms with Crippen LogP contribution in [-0.4, -0.2) is 28.9 Å². The van der Waals surface area contributed by atoms with Crippen LogP contribution in [-0.2, 0) is 4.79 Å². The third kappa shape index (κ3) is 3.82. The molecule has 0 saturated carbocycles. The standard InChI is InChI=1S/C22H20BrClN4O3S/c1-4-17(29)27-16-9-7-6-8-13(16)18-20(30)25-22(32-5-2)26-28(18)21(27)14-10-12(24)11-15(23)19(14)31-3/h6-11,21H,4-5H2,1-3H3. The molecule has 1 aliphatic heterocycles. The van der Waals surface area contributed by atoms with Gasteiger partial charge in [-0.3, -0.25) is 4.79 Å². The molecule has 1 unspecified atom stereocenters. The van der Waals surface area contributed by atoms with Gasteiger partial charge in [-0.1, -0.05) is 54.0 Å². The molecule has 4 rings (SSSR count). The van der Waals surface area contributed by atoms with Crippen molar-refractivity contribution in [2.75, 3.05) is 17.8 Å². The number of aromatic nitrogens is 3. The molecule has 0 spiro atoms. The maximum absolute atomic E-state index is 13.3. The van der Waals surface area contributed by atoms with Crippen LogP contribution in [0.1, 0.15) is 32.0 Å². The number of carbonyl (C=O) groups is 1. The molecule has 0 saturated heterocycles. The van der Waals surface area contributed by atoms with Crippen LogP contribution in [0.5, 0.6) is 11.6 Å². The number of hydrogen-bond acceptors (Lipinski definition) is 6. The number of fused-ring (bicyclic) bond motifs is 3. The van der Waals surface area contributed by atoms with Crippen LogP contribution >= 0.6 is 39.3 Å². The Bertz CT molecular complexity index is 1210. The lowest BCUT2D eigenvalue weighted by molar-refractivity contribution is -0.764. The second-order valence-corrected chi connectivity index (χ2v) is 9.47. The van der Waals surface area contributed by atoms with Gasteiger partial charge in [0, 0.05) is 16.5 Å². The molecule has 166 valence electrons. The highest BCUT2D eigenvalue weighted by Gasteiger charge is 2.46. The molecule has 0 radical (unpaired) electrons. The van der Waals surface area contributed by atoms with Gasteiger partial charge in [0.1, 0.15) is 5.75 Å². The van der Waals surface area contributed by atoms with E-state index < -0.39 is 12.0 Å². The highest BCUT2D eigenvalue weighted by atomic mass is 79.9. The van der Waals surface area contributed by atoms with Crippen molar-refractivity contribution in [2.24, 2.45) is 0 Å². The fraction of sp³-hybridized carbons (Fsp3) is 0.273. The van der Waals surface area contributed by atoms with E-state index >= 15 is 0 Å². The van der Waals surface area contributed by atoms with Gasteiger partial charge in [0.05, 0.1) is 34.3 Å². The summed E-state index contributed by atoms with van der Waals surface area (Å²) in [6, 6.07) is 10.7. The summed E-state index contributed by atoms with van der Waals surface area (Å²) in [7, 11) is 1.54. The van der Waals surface area contributed by atoms with Crippen LogP contribution < -0.4 is 19.4 Å². The van der Waals surface area contributed by atoms with Crippen molar-refractivity contribution >= 4 is 50.9 Å². The van der Waals surface area contributed by atoms with Gasteiger partial charge < -0.3 is 9.84 Å². The Balaban J connectivity index is 2.12. The van der Waals surface area contributed by atoms with E-state index in [0.717, 1.165) is 0 Å². The predicted molar refractivity (Wildman–Crippen MR) is 125 cm³/mol. The van der Waals surface area contributed by atoms with E-state index in [4.69, 9.17) is 16.3 Å². The summed E-state index contributed by atoms with van der Waals surface area (Å²) in [5.41, 5.74) is 2.12. The van der Waals surface area contributed by atoms with Crippen molar-refractivity contribution in [1.82, 2.24) is 10.1 Å². The van der Waals surface area contributed by atoms with Gasteiger partial charge in [0.2, 0.25) is 5.91 Å². The van der Waals surface area contributed by atoms with Crippen LogP contribution in [0.4, 0.5) is 5.69 Å². The monoisotopic (exact) mass is 534 g/mol. The molecular formula is C22H20BrClN4O3S. The zero-order valence-electron chi connectivity index (χ0n) is 17.6. The topological polar surface area (TPSA) is 82.3 Å². The van der Waals surface area contributed by atoms with Crippen LogP contribution in [0.2, 0.25) is 5.02 Å². The van der Waals surface area contributed by atoms with Gasteiger partial charge in [-0.2, -0.15) is 0 Å². The third-order valence-corrected chi connectivity index (χ3v) is 6.61. The van der Waals surface area contributed by atoms with E-state index in [9.17, 15) is 9.90 Å². The summed E-state index contributed by atoms with van der Waals surface area (Å²) >= 11 is 11.3. The molecule has 1 aromatic heterocycles. The molecule has 2 heterocycles. The molecule has 0 fully saturated rings. The summed E-state index contributed by atoms with van der Waals surface area (Å²) in [4.78, 5) is 19.1. The molecule has 1 aliphatic rings. The minimum Gasteiger partial charge on any atom is -0.854 e. The lowest BCUT2D eigenvalue weighted by Crippen LogP contribution is -2.59. The van der Waals surface area contributed by atoms with E-state index in [2.05, 4.69) is 26.0 Å². The first kappa shape index (κ1) is 22.8. The number of benzene rings is 2. The maximum Gasteiger partial charge on any atom is 0.296 e. The van der Waals surface area contributed by atoms with Gasteiger partial charge in [0.25, 0.3) is 17.0 Å². The number of thioether (sulfide) groups is 1. The molecule has 0 aliphatic carbocycles. The van der Waals surface area contributed by atoms with E-state index in [1.807, 2.05) is 25.1 Å². The zero-order chi connectivity index (χ0) is 23.0. The number of methoxy groups -OCH3 is 1. The number of rotatable bonds is 5. The molecule has 0 N–H and O–H groups in total. The fourth-order valence-corrected chi connectivity index (χ4v) is 5.38. The zero-order valence-corrected chi connectivity index (χ0v) is 20.8. The molecule has 2 aromatic carbocycles. The first-order valence-electron chi connectivity index (χ1n) is 9.99. The van der Waals surface area contributed by atoms with E-state index in [0.29, 0.717) is 48.7 Å². The highest BCUT2D eigenvalue weighted by Crippen LogP contribution is 2.45. The Kier molecular flexibility index (Phi) is 6.60. The Morgan fingerprint density at radius 3 is 2.78 bits per heavy atom. The van der Waals surface area contributed by atoms with Gasteiger partial charge in [-0.05, 0) is 45.9 Å². The van der Waals surface area contributed by atoms with Crippen molar-refractivity contribution in [3.05, 3.63) is 51.5 Å². The van der Waals surface area contributed by atoms with Crippen molar-refractivity contribution < 1.29 is 19.3 Å². The SMILES string of the molecule is CCSc1nc([O-])c2[n+](n1)C(c1cc(Cl)cc(Br)c1OC)N(C(=O)CC)c1ccccc1-2. The van der Waals surface area contributed by atoms with Crippen LogP contribution in [0.3, 0.4) is 0 Å². The average Bonchev–Trinajstić information content (AvgIpc) is 2.77. The van der Waals surface area contributed by atoms with Crippen molar-refractivity contribution in [2.45, 2.75) is 31.6 Å². The normalized spacial score (nSPS) is 14.7. The van der Waals surface area contributed by atoms with Crippen LogP contribution in [0, 0.1) is 0 Å². The smallest absolute Gasteiger partial charge is 0.296 e. The van der Waals surface area contributed by atoms with Crippen molar-refractivity contribution in [3.63, 3.8) is 0 Å². The Morgan fingerprint density at radius 1 is 1.34 bits per heavy atom. The predicted octanol–water partition coefficient (Wildman–Crippen LogP) is 4.34. The number of para-hydroxylation sites is 1. The molecule has 32 heavy (non-hydrogen) atoms. The first-order valence-corrected chi connectivity index (χ1v) is 12.1. The Morgan fingerprint density at radius 2 is 2.09 bits per heavy atom. The number of carbonyl (C=O) groups excluding carboxylic acids is 1. The van der Waals surface area contributed by atoms with Crippen LogP contribution in [0.15, 0.2) is 46.0 Å². The number of hydrogen-bond donors (Lipinski definition) is 0. The fourth-order valence-electron chi connectivity index (χ4n) is 3.83. The maximum atomic E-state index is 13.3. The number of halogens is 2. The number of nitrogens with zero attached hydrogens (tertiary/aromatic N) is 4. The molecule has 0 bridgehead atoms. The number of ether oxygens (including phenoxy) is 1. The summed E-state index contributed by atoms with van der Waals surface area (Å²) in [6.07, 6.45) is -0.527. The second-order valence-electron chi connectivity index (χ2n) is 6.94. The quantitative estimate of drug-likeness (QED) is 0.357. The number of amides is 1. The third-order valence-electron chi connectivity index (χ3n) is 5.08. The lowest BCUT2D eigenvalue weighted by Gasteiger charge is -2.34. The number of anilines is 1. The molecule has 3 aromatic rings.